The third kappa shape index (κ3) is 4.60. The van der Waals surface area contributed by atoms with E-state index in [1.54, 1.807) is 0 Å². The van der Waals surface area contributed by atoms with E-state index in [9.17, 15) is 0 Å². The molecular weight excluding hydrogens is 606 g/mol. The summed E-state index contributed by atoms with van der Waals surface area (Å²) < 4.78 is 6.31. The molecule has 0 unspecified atom stereocenters. The molecule has 172 valence electrons. The Morgan fingerprint density at radius 2 is 1.64 bits per heavy atom. The molecule has 1 fully saturated rings. The first-order valence-electron chi connectivity index (χ1n) is 10.7. The van der Waals surface area contributed by atoms with Gasteiger partial charge in [-0.2, -0.15) is 0 Å². The van der Waals surface area contributed by atoms with Crippen LogP contribution >= 0.6 is 9.58 Å². The molecule has 3 aromatic carbocycles. The second kappa shape index (κ2) is 10.8. The number of hydrogen-bond acceptors (Lipinski definition) is 2. The Morgan fingerprint density at radius 3 is 2.42 bits per heavy atom. The zero-order valence-electron chi connectivity index (χ0n) is 19.3. The molecule has 1 saturated carbocycles. The van der Waals surface area contributed by atoms with Gasteiger partial charge in [0.25, 0.3) is 0 Å². The number of aryl methyl sites for hydroxylation is 1. The average Bonchev–Trinajstić information content (AvgIpc) is 3.48. The van der Waals surface area contributed by atoms with E-state index in [0.29, 0.717) is 0 Å². The zero-order valence-corrected chi connectivity index (χ0v) is 22.5. The number of pyridine rings is 1. The minimum absolute atomic E-state index is 0. The summed E-state index contributed by atoms with van der Waals surface area (Å²) in [6.45, 7) is 2.15. The summed E-state index contributed by atoms with van der Waals surface area (Å²) in [6.07, 6.45) is 7.30. The fourth-order valence-electron chi connectivity index (χ4n) is 5.07. The van der Waals surface area contributed by atoms with Gasteiger partial charge < -0.3 is 19.3 Å². The van der Waals surface area contributed by atoms with Crippen LogP contribution in [0, 0.1) is 21.8 Å². The monoisotopic (exact) mass is 635 g/mol. The Labute approximate surface area is 211 Å². The Balaban J connectivity index is 0.000000747. The van der Waals surface area contributed by atoms with Crippen LogP contribution in [0.5, 0.6) is 0 Å². The number of halogens is 1. The number of para-hydroxylation sites is 1. The summed E-state index contributed by atoms with van der Waals surface area (Å²) in [5.41, 5.74) is 6.64. The van der Waals surface area contributed by atoms with Gasteiger partial charge in [0, 0.05) is 27.9 Å². The maximum absolute atomic E-state index is 6.31. The number of nitrogens with zero attached hydrogens (tertiary/aromatic N) is 1. The molecule has 33 heavy (non-hydrogen) atoms. The molecule has 2 heterocycles. The topological polar surface area (TPSA) is 26.0 Å². The summed E-state index contributed by atoms with van der Waals surface area (Å²) in [5, 5.41) is 4.79. The van der Waals surface area contributed by atoms with Crippen LogP contribution in [-0.4, -0.2) is 4.98 Å². The standard InChI is InChI=1S/C27H23NO.2CH3.ClH.Ir/c1-17-14-23-22-8-4-5-9-25(22)29-27(23)24(15-17)26-21-11-10-19(18-6-2-3-7-18)16-20(21)12-13-28-26;;;;/h4-5,8-16,18H,2-3,6-7H2,1H3;2*1H3;1H;/q;2*-1;;+3/p-1. The Kier molecular flexibility index (Phi) is 8.34. The molecule has 6 rings (SSSR count). The molecular formula is C29H29ClIrNO. The SMILES string of the molecule is Cc1cc(-c2nccc3cc(C4CCCC4)ccc23)c2oc3ccccc3c2c1.[CH3-].[CH3-].[Cl][Ir+2]. The van der Waals surface area contributed by atoms with E-state index in [-0.39, 0.29) is 14.9 Å². The molecule has 0 spiro atoms. The molecule has 2 nitrogen and oxygen atoms in total. The molecule has 4 heteroatoms. The third-order valence-electron chi connectivity index (χ3n) is 6.49. The molecule has 0 atom stereocenters. The van der Waals surface area contributed by atoms with Crippen molar-refractivity contribution < 1.29 is 22.3 Å². The molecule has 1 aliphatic carbocycles. The van der Waals surface area contributed by atoms with E-state index in [4.69, 9.17) is 9.40 Å². The zero-order chi connectivity index (χ0) is 21.4. The van der Waals surface area contributed by atoms with E-state index in [1.165, 1.54) is 65.5 Å². The van der Waals surface area contributed by atoms with Crippen molar-refractivity contribution in [3.05, 3.63) is 92.8 Å². The van der Waals surface area contributed by atoms with E-state index in [1.807, 2.05) is 18.3 Å². The predicted octanol–water partition coefficient (Wildman–Crippen LogP) is 9.35. The molecule has 0 amide bonds. The third-order valence-corrected chi connectivity index (χ3v) is 6.49. The number of benzene rings is 3. The van der Waals surface area contributed by atoms with E-state index < -0.39 is 0 Å². The van der Waals surface area contributed by atoms with Gasteiger partial charge in [0.05, 0.1) is 5.69 Å². The molecule has 0 bridgehead atoms. The van der Waals surface area contributed by atoms with Crippen molar-refractivity contribution in [3.8, 4) is 11.3 Å². The van der Waals surface area contributed by atoms with E-state index in [2.05, 4.69) is 65.0 Å². The van der Waals surface area contributed by atoms with Gasteiger partial charge in [-0.3, -0.25) is 4.98 Å². The van der Waals surface area contributed by atoms with Crippen LogP contribution < -0.4 is 0 Å². The van der Waals surface area contributed by atoms with Crippen LogP contribution in [0.15, 0.2) is 71.3 Å². The number of furan rings is 1. The van der Waals surface area contributed by atoms with E-state index >= 15 is 0 Å². The normalized spacial score (nSPS) is 13.4. The maximum atomic E-state index is 6.31. The van der Waals surface area contributed by atoms with Crippen molar-refractivity contribution in [1.82, 2.24) is 4.98 Å². The van der Waals surface area contributed by atoms with Crippen LogP contribution in [-0.2, 0) is 17.9 Å². The second-order valence-corrected chi connectivity index (χ2v) is 8.41. The van der Waals surface area contributed by atoms with Crippen molar-refractivity contribution in [1.29, 1.82) is 0 Å². The summed E-state index contributed by atoms with van der Waals surface area (Å²) in [6, 6.07) is 21.8. The fourth-order valence-corrected chi connectivity index (χ4v) is 5.07. The van der Waals surface area contributed by atoms with Gasteiger partial charge in [0.2, 0.25) is 0 Å². The van der Waals surface area contributed by atoms with Crippen LogP contribution in [0.1, 0.15) is 42.7 Å². The van der Waals surface area contributed by atoms with Crippen molar-refractivity contribution >= 4 is 42.3 Å². The van der Waals surface area contributed by atoms with Crippen LogP contribution in [0.2, 0.25) is 0 Å². The molecule has 5 aromatic rings. The predicted molar refractivity (Wildman–Crippen MR) is 139 cm³/mol. The molecule has 0 aliphatic heterocycles. The molecule has 0 saturated heterocycles. The minimum atomic E-state index is 0. The number of hydrogen-bond donors (Lipinski definition) is 0. The van der Waals surface area contributed by atoms with Gasteiger partial charge in [0.1, 0.15) is 11.2 Å². The van der Waals surface area contributed by atoms with E-state index in [0.717, 1.165) is 39.1 Å². The first kappa shape index (κ1) is 25.4. The van der Waals surface area contributed by atoms with Gasteiger partial charge in [-0.15, -0.1) is 0 Å². The van der Waals surface area contributed by atoms with Crippen molar-refractivity contribution in [2.75, 3.05) is 0 Å². The first-order valence-corrected chi connectivity index (χ1v) is 13.7. The van der Waals surface area contributed by atoms with Gasteiger partial charge in [-0.1, -0.05) is 49.2 Å². The van der Waals surface area contributed by atoms with Crippen molar-refractivity contribution in [2.24, 2.45) is 0 Å². The Hall–Kier alpha value is -2.19. The Morgan fingerprint density at radius 1 is 0.879 bits per heavy atom. The van der Waals surface area contributed by atoms with Crippen LogP contribution in [0.4, 0.5) is 0 Å². The average molecular weight is 635 g/mol. The van der Waals surface area contributed by atoms with Crippen molar-refractivity contribution in [3.63, 3.8) is 0 Å². The first-order chi connectivity index (χ1) is 15.3. The fraction of sp³-hybridized carbons (Fsp3) is 0.207. The summed E-state index contributed by atoms with van der Waals surface area (Å²) in [7, 11) is 4.64. The molecule has 0 radical (unpaired) electrons. The summed E-state index contributed by atoms with van der Waals surface area (Å²) >= 11 is 1.47. The number of rotatable bonds is 2. The quantitative estimate of drug-likeness (QED) is 0.181. The molecule has 2 aromatic heterocycles. The van der Waals surface area contributed by atoms with Gasteiger partial charge in [-0.25, -0.2) is 0 Å². The second-order valence-electron chi connectivity index (χ2n) is 8.41. The summed E-state index contributed by atoms with van der Waals surface area (Å²) in [4.78, 5) is 4.81. The molecule has 1 aliphatic rings. The van der Waals surface area contributed by atoms with Gasteiger partial charge in [0.15, 0.2) is 0 Å². The summed E-state index contributed by atoms with van der Waals surface area (Å²) in [5.74, 6) is 0.720. The van der Waals surface area contributed by atoms with Crippen LogP contribution in [0.3, 0.4) is 0 Å². The van der Waals surface area contributed by atoms with Crippen LogP contribution in [0.25, 0.3) is 44.0 Å². The number of aromatic nitrogens is 1. The van der Waals surface area contributed by atoms with Gasteiger partial charge in [-0.05, 0) is 66.5 Å². The van der Waals surface area contributed by atoms with Gasteiger partial charge >= 0.3 is 27.5 Å². The number of fused-ring (bicyclic) bond motifs is 4. The molecule has 0 N–H and O–H groups in total. The Bertz CT molecular complexity index is 1390. The van der Waals surface area contributed by atoms with Crippen molar-refractivity contribution in [2.45, 2.75) is 38.5 Å².